The van der Waals surface area contributed by atoms with Gasteiger partial charge in [0.05, 0.1) is 19.1 Å². The van der Waals surface area contributed by atoms with Crippen LogP contribution in [-0.2, 0) is 16.4 Å². The fourth-order valence-electron chi connectivity index (χ4n) is 3.79. The second-order valence-electron chi connectivity index (χ2n) is 7.22. The normalized spacial score (nSPS) is 17.0. The highest BCUT2D eigenvalue weighted by molar-refractivity contribution is 7.89. The number of hydrogen-bond acceptors (Lipinski definition) is 8. The first-order chi connectivity index (χ1) is 15.0. The zero-order chi connectivity index (χ0) is 21.8. The van der Waals surface area contributed by atoms with Gasteiger partial charge in [0.25, 0.3) is 5.89 Å². The van der Waals surface area contributed by atoms with Gasteiger partial charge < -0.3 is 14.0 Å². The molecule has 2 aromatic heterocycles. The fourth-order valence-corrected chi connectivity index (χ4v) is 5.53. The minimum absolute atomic E-state index is 0.124. The van der Waals surface area contributed by atoms with Crippen molar-refractivity contribution in [3.05, 3.63) is 48.5 Å². The minimum Gasteiger partial charge on any atom is -0.493 e. The van der Waals surface area contributed by atoms with E-state index in [1.54, 1.807) is 41.0 Å². The third kappa shape index (κ3) is 4.40. The molecular weight excluding hydrogens is 420 g/mol. The van der Waals surface area contributed by atoms with Crippen LogP contribution in [0.1, 0.15) is 25.1 Å². The number of nitrogens with zero attached hydrogens (tertiary/aromatic N) is 4. The number of aromatic nitrogens is 3. The maximum atomic E-state index is 13.3. The van der Waals surface area contributed by atoms with Crippen LogP contribution in [-0.4, -0.2) is 54.7 Å². The molecule has 1 aliphatic heterocycles. The van der Waals surface area contributed by atoms with Gasteiger partial charge in [-0.1, -0.05) is 5.16 Å². The third-order valence-corrected chi connectivity index (χ3v) is 7.33. The second-order valence-corrected chi connectivity index (χ2v) is 9.11. The van der Waals surface area contributed by atoms with Crippen molar-refractivity contribution in [3.63, 3.8) is 0 Å². The van der Waals surface area contributed by atoms with Crippen LogP contribution in [0.15, 0.2) is 52.1 Å². The number of hydrogen-bond donors (Lipinski definition) is 0. The molecule has 0 bridgehead atoms. The number of rotatable bonds is 8. The van der Waals surface area contributed by atoms with Crippen LogP contribution < -0.4 is 9.47 Å². The Labute approximate surface area is 181 Å². The van der Waals surface area contributed by atoms with Crippen LogP contribution in [0, 0.1) is 0 Å². The number of aryl methyl sites for hydroxylation is 1. The van der Waals surface area contributed by atoms with E-state index in [0.717, 1.165) is 18.4 Å². The van der Waals surface area contributed by atoms with Crippen molar-refractivity contribution in [2.75, 3.05) is 20.8 Å². The van der Waals surface area contributed by atoms with E-state index in [1.165, 1.54) is 20.3 Å². The molecule has 0 aliphatic carbocycles. The van der Waals surface area contributed by atoms with E-state index in [1.807, 2.05) is 0 Å². The minimum atomic E-state index is -3.66. The molecule has 0 saturated carbocycles. The second kappa shape index (κ2) is 9.03. The Balaban J connectivity index is 1.47. The van der Waals surface area contributed by atoms with E-state index in [-0.39, 0.29) is 10.9 Å². The first-order valence-electron chi connectivity index (χ1n) is 10.00. The summed E-state index contributed by atoms with van der Waals surface area (Å²) in [6.45, 7) is 0.482. The molecule has 0 spiro atoms. The summed E-state index contributed by atoms with van der Waals surface area (Å²) in [5.41, 5.74) is 0.798. The van der Waals surface area contributed by atoms with Gasteiger partial charge in [-0.2, -0.15) is 9.29 Å². The lowest BCUT2D eigenvalue weighted by atomic mass is 10.1. The Morgan fingerprint density at radius 3 is 2.65 bits per heavy atom. The highest BCUT2D eigenvalue weighted by Crippen LogP contribution is 2.34. The van der Waals surface area contributed by atoms with Crippen molar-refractivity contribution in [1.82, 2.24) is 19.4 Å². The topological polar surface area (TPSA) is 108 Å². The predicted molar refractivity (Wildman–Crippen MR) is 112 cm³/mol. The summed E-state index contributed by atoms with van der Waals surface area (Å²) in [4.78, 5) is 8.59. The number of benzene rings is 1. The number of ether oxygens (including phenoxy) is 2. The van der Waals surface area contributed by atoms with Gasteiger partial charge in [0.1, 0.15) is 0 Å². The molecule has 3 aromatic rings. The zero-order valence-corrected chi connectivity index (χ0v) is 18.2. The lowest BCUT2D eigenvalue weighted by Crippen LogP contribution is -2.35. The molecule has 1 unspecified atom stereocenters. The van der Waals surface area contributed by atoms with Gasteiger partial charge in [0.2, 0.25) is 10.0 Å². The predicted octanol–water partition coefficient (Wildman–Crippen LogP) is 2.93. The molecule has 0 amide bonds. The van der Waals surface area contributed by atoms with Crippen LogP contribution in [0.2, 0.25) is 0 Å². The molecular formula is C21H24N4O5S. The Morgan fingerprint density at radius 1 is 1.13 bits per heavy atom. The molecule has 31 heavy (non-hydrogen) atoms. The molecule has 9 nitrogen and oxygen atoms in total. The van der Waals surface area contributed by atoms with E-state index < -0.39 is 10.0 Å². The Kier molecular flexibility index (Phi) is 6.19. The number of pyridine rings is 1. The maximum absolute atomic E-state index is 13.3. The van der Waals surface area contributed by atoms with Gasteiger partial charge in [-0.3, -0.25) is 4.98 Å². The molecule has 4 rings (SSSR count). The first-order valence-corrected chi connectivity index (χ1v) is 11.4. The monoisotopic (exact) mass is 444 g/mol. The maximum Gasteiger partial charge on any atom is 0.258 e. The largest absolute Gasteiger partial charge is 0.493 e. The van der Waals surface area contributed by atoms with E-state index in [9.17, 15) is 8.42 Å². The highest BCUT2D eigenvalue weighted by atomic mass is 32.2. The number of sulfonamides is 1. The van der Waals surface area contributed by atoms with Crippen LogP contribution >= 0.6 is 0 Å². The van der Waals surface area contributed by atoms with Crippen molar-refractivity contribution in [2.45, 2.75) is 36.6 Å². The van der Waals surface area contributed by atoms with Crippen molar-refractivity contribution in [1.29, 1.82) is 0 Å². The first kappa shape index (κ1) is 21.3. The molecule has 1 saturated heterocycles. The Morgan fingerprint density at radius 2 is 1.90 bits per heavy atom. The van der Waals surface area contributed by atoms with Gasteiger partial charge in [0.15, 0.2) is 17.3 Å². The van der Waals surface area contributed by atoms with Crippen LogP contribution in [0.25, 0.3) is 11.5 Å². The summed E-state index contributed by atoms with van der Waals surface area (Å²) in [6.07, 6.45) is 6.07. The molecule has 3 heterocycles. The number of methoxy groups -OCH3 is 2. The Bertz CT molecular complexity index is 1130. The van der Waals surface area contributed by atoms with E-state index in [2.05, 4.69) is 15.1 Å². The van der Waals surface area contributed by atoms with Gasteiger partial charge in [-0.05, 0) is 43.5 Å². The summed E-state index contributed by atoms with van der Waals surface area (Å²) in [6, 6.07) is 8.13. The quantitative estimate of drug-likeness (QED) is 0.522. The van der Waals surface area contributed by atoms with E-state index in [4.69, 9.17) is 14.0 Å². The molecule has 0 radical (unpaired) electrons. The Hall–Kier alpha value is -2.98. The standard InChI is InChI=1S/C21H24N4O5S/c1-28-18-7-6-17(14-19(18)29-2)31(26,27)25-13-3-4-16(25)5-8-20-23-21(30-24-20)15-9-11-22-12-10-15/h6-7,9-12,14,16H,3-5,8,13H2,1-2H3. The van der Waals surface area contributed by atoms with Gasteiger partial charge in [0, 0.05) is 43.0 Å². The van der Waals surface area contributed by atoms with Crippen molar-refractivity contribution in [3.8, 4) is 23.0 Å². The summed E-state index contributed by atoms with van der Waals surface area (Å²) in [5.74, 6) is 1.86. The molecule has 1 atom stereocenters. The zero-order valence-electron chi connectivity index (χ0n) is 17.4. The summed E-state index contributed by atoms with van der Waals surface area (Å²) < 4.78 is 44.0. The van der Waals surface area contributed by atoms with Crippen LogP contribution in [0.5, 0.6) is 11.5 Å². The molecule has 1 fully saturated rings. The average molecular weight is 445 g/mol. The van der Waals surface area contributed by atoms with Crippen LogP contribution in [0.4, 0.5) is 0 Å². The van der Waals surface area contributed by atoms with Gasteiger partial charge in [-0.15, -0.1) is 0 Å². The lowest BCUT2D eigenvalue weighted by Gasteiger charge is -2.24. The molecule has 0 N–H and O–H groups in total. The smallest absolute Gasteiger partial charge is 0.258 e. The summed E-state index contributed by atoms with van der Waals surface area (Å²) >= 11 is 0. The third-order valence-electron chi connectivity index (χ3n) is 5.38. The average Bonchev–Trinajstić information content (AvgIpc) is 3.47. The van der Waals surface area contributed by atoms with Gasteiger partial charge >= 0.3 is 0 Å². The molecule has 10 heteroatoms. The molecule has 1 aliphatic rings. The summed E-state index contributed by atoms with van der Waals surface area (Å²) in [7, 11) is -0.662. The van der Waals surface area contributed by atoms with Crippen molar-refractivity contribution < 1.29 is 22.4 Å². The van der Waals surface area contributed by atoms with E-state index >= 15 is 0 Å². The lowest BCUT2D eigenvalue weighted by molar-refractivity contribution is 0.351. The highest BCUT2D eigenvalue weighted by Gasteiger charge is 2.35. The van der Waals surface area contributed by atoms with E-state index in [0.29, 0.717) is 42.6 Å². The summed E-state index contributed by atoms with van der Waals surface area (Å²) in [5, 5.41) is 4.04. The molecule has 164 valence electrons. The SMILES string of the molecule is COc1ccc(S(=O)(=O)N2CCCC2CCc2noc(-c3ccncc3)n2)cc1OC. The van der Waals surface area contributed by atoms with Gasteiger partial charge in [-0.25, -0.2) is 8.42 Å². The molecule has 1 aromatic carbocycles. The fraction of sp³-hybridized carbons (Fsp3) is 0.381. The van der Waals surface area contributed by atoms with Crippen molar-refractivity contribution >= 4 is 10.0 Å². The van der Waals surface area contributed by atoms with Crippen molar-refractivity contribution in [2.24, 2.45) is 0 Å². The van der Waals surface area contributed by atoms with Crippen LogP contribution in [0.3, 0.4) is 0 Å².